The van der Waals surface area contributed by atoms with Crippen molar-refractivity contribution in [3.05, 3.63) is 76.3 Å². The molecule has 0 aliphatic carbocycles. The number of hydrogen-bond donors (Lipinski definition) is 0. The van der Waals surface area contributed by atoms with Crippen molar-refractivity contribution in [1.82, 2.24) is 14.8 Å². The van der Waals surface area contributed by atoms with Crippen molar-refractivity contribution in [3.63, 3.8) is 0 Å². The molecule has 0 bridgehead atoms. The van der Waals surface area contributed by atoms with Crippen LogP contribution in [0.4, 0.5) is 17.6 Å². The van der Waals surface area contributed by atoms with E-state index in [0.29, 0.717) is 17.3 Å². The highest BCUT2D eigenvalue weighted by atomic mass is 35.5. The van der Waals surface area contributed by atoms with Crippen LogP contribution in [-0.4, -0.2) is 21.1 Å². The Kier molecular flexibility index (Phi) is 5.69. The van der Waals surface area contributed by atoms with E-state index in [2.05, 4.69) is 14.8 Å². The van der Waals surface area contributed by atoms with Gasteiger partial charge in [-0.1, -0.05) is 29.8 Å². The van der Waals surface area contributed by atoms with Gasteiger partial charge in [-0.2, -0.15) is 5.10 Å². The van der Waals surface area contributed by atoms with E-state index in [0.717, 1.165) is 23.4 Å². The quantitative estimate of drug-likeness (QED) is 0.402. The van der Waals surface area contributed by atoms with Crippen LogP contribution in [0, 0.1) is 6.92 Å². The Morgan fingerprint density at radius 1 is 1.18 bits per heavy atom. The molecule has 28 heavy (non-hydrogen) atoms. The van der Waals surface area contributed by atoms with Crippen molar-refractivity contribution in [1.29, 1.82) is 0 Å². The molecule has 9 heteroatoms. The molecule has 4 nitrogen and oxygen atoms in total. The first kappa shape index (κ1) is 19.9. The third-order valence-corrected chi connectivity index (χ3v) is 3.98. The van der Waals surface area contributed by atoms with Crippen LogP contribution >= 0.6 is 11.6 Å². The number of aromatic nitrogens is 3. The number of rotatable bonds is 5. The van der Waals surface area contributed by atoms with Crippen molar-refractivity contribution in [2.45, 2.75) is 19.8 Å². The number of benzene rings is 1. The summed E-state index contributed by atoms with van der Waals surface area (Å²) in [5.74, 6) is -0.984. The Hall–Kier alpha value is -2.87. The van der Waals surface area contributed by atoms with E-state index in [1.807, 2.05) is 0 Å². The summed E-state index contributed by atoms with van der Waals surface area (Å²) in [5, 5.41) is 4.61. The second-order valence-corrected chi connectivity index (χ2v) is 6.31. The molecule has 3 aromatic rings. The van der Waals surface area contributed by atoms with E-state index in [9.17, 15) is 17.6 Å². The van der Waals surface area contributed by atoms with Gasteiger partial charge in [0.25, 0.3) is 0 Å². The van der Waals surface area contributed by atoms with Crippen molar-refractivity contribution in [2.24, 2.45) is 0 Å². The van der Waals surface area contributed by atoms with Crippen LogP contribution < -0.4 is 4.74 Å². The molecule has 146 valence electrons. The number of pyridine rings is 1. The first-order valence-electron chi connectivity index (χ1n) is 8.08. The smallest absolute Gasteiger partial charge is 0.406 e. The lowest BCUT2D eigenvalue weighted by Gasteiger charge is -2.08. The highest BCUT2D eigenvalue weighted by Gasteiger charge is 2.30. The first-order valence-corrected chi connectivity index (χ1v) is 8.46. The van der Waals surface area contributed by atoms with Gasteiger partial charge in [0.2, 0.25) is 0 Å². The second-order valence-electron chi connectivity index (χ2n) is 5.93. The summed E-state index contributed by atoms with van der Waals surface area (Å²) < 4.78 is 56.4. The Morgan fingerprint density at radius 3 is 2.50 bits per heavy atom. The summed E-state index contributed by atoms with van der Waals surface area (Å²) in [6, 6.07) is 9.91. The van der Waals surface area contributed by atoms with Gasteiger partial charge in [0.05, 0.1) is 6.54 Å². The molecule has 0 amide bonds. The van der Waals surface area contributed by atoms with Gasteiger partial charge in [0.15, 0.2) is 5.83 Å². The minimum atomic E-state index is -4.77. The Balaban J connectivity index is 1.75. The third kappa shape index (κ3) is 5.32. The maximum absolute atomic E-state index is 14.5. The van der Waals surface area contributed by atoms with Crippen LogP contribution in [0.1, 0.15) is 22.5 Å². The molecule has 3 rings (SSSR count). The van der Waals surface area contributed by atoms with E-state index in [1.54, 1.807) is 36.0 Å². The molecule has 1 aromatic carbocycles. The summed E-state index contributed by atoms with van der Waals surface area (Å²) in [5.41, 5.74) is 2.09. The van der Waals surface area contributed by atoms with Crippen LogP contribution in [-0.2, 0) is 6.54 Å². The molecule has 0 spiro atoms. The Labute approximate surface area is 163 Å². The average Bonchev–Trinajstić information content (AvgIpc) is 2.98. The molecule has 2 heterocycles. The van der Waals surface area contributed by atoms with Gasteiger partial charge >= 0.3 is 6.36 Å². The molecule has 0 unspecified atom stereocenters. The largest absolute Gasteiger partial charge is 0.573 e. The Bertz CT molecular complexity index is 980. The molecule has 0 aliphatic heterocycles. The summed E-state index contributed by atoms with van der Waals surface area (Å²) in [4.78, 5) is 3.99. The van der Waals surface area contributed by atoms with Crippen molar-refractivity contribution >= 4 is 23.5 Å². The van der Waals surface area contributed by atoms with Crippen LogP contribution in [0.3, 0.4) is 0 Å². The van der Waals surface area contributed by atoms with E-state index >= 15 is 0 Å². The normalized spacial score (nSPS) is 12.3. The monoisotopic (exact) mass is 411 g/mol. The summed E-state index contributed by atoms with van der Waals surface area (Å²) in [6.07, 6.45) is -1.97. The summed E-state index contributed by atoms with van der Waals surface area (Å²) >= 11 is 5.76. The molecule has 0 aliphatic rings. The average molecular weight is 412 g/mol. The fourth-order valence-electron chi connectivity index (χ4n) is 2.45. The van der Waals surface area contributed by atoms with Gasteiger partial charge in [-0.3, -0.25) is 4.68 Å². The zero-order valence-electron chi connectivity index (χ0n) is 14.5. The lowest BCUT2D eigenvalue weighted by Crippen LogP contribution is -2.16. The topological polar surface area (TPSA) is 39.9 Å². The highest BCUT2D eigenvalue weighted by Crippen LogP contribution is 2.25. The molecule has 0 atom stereocenters. The standard InChI is InChI=1S/C19H14ClF4N3O/c1-12-8-17(26-27(12)11-14-4-7-18(20)25-10-14)16(21)9-13-2-5-15(6-3-13)28-19(22,23)24/h2-10H,11H2,1H3. The van der Waals surface area contributed by atoms with Crippen LogP contribution in [0.15, 0.2) is 48.7 Å². The molecular formula is C19H14ClF4N3O. The minimum absolute atomic E-state index is 0.120. The number of nitrogens with zero attached hydrogens (tertiary/aromatic N) is 3. The third-order valence-electron chi connectivity index (χ3n) is 3.75. The van der Waals surface area contributed by atoms with Crippen molar-refractivity contribution in [3.8, 4) is 5.75 Å². The van der Waals surface area contributed by atoms with Crippen LogP contribution in [0.25, 0.3) is 11.9 Å². The van der Waals surface area contributed by atoms with Gasteiger partial charge in [0.1, 0.15) is 16.6 Å². The number of hydrogen-bond acceptors (Lipinski definition) is 3. The molecule has 0 N–H and O–H groups in total. The number of halogens is 5. The van der Waals surface area contributed by atoms with E-state index < -0.39 is 12.2 Å². The maximum Gasteiger partial charge on any atom is 0.573 e. The summed E-state index contributed by atoms with van der Waals surface area (Å²) in [7, 11) is 0. The lowest BCUT2D eigenvalue weighted by atomic mass is 10.2. The van der Waals surface area contributed by atoms with Crippen molar-refractivity contribution < 1.29 is 22.3 Å². The molecule has 0 saturated carbocycles. The van der Waals surface area contributed by atoms with E-state index in [1.165, 1.54) is 18.2 Å². The maximum atomic E-state index is 14.5. The number of ether oxygens (including phenoxy) is 1. The predicted octanol–water partition coefficient (Wildman–Crippen LogP) is 5.65. The van der Waals surface area contributed by atoms with Gasteiger partial charge in [-0.15, -0.1) is 13.2 Å². The molecule has 2 aromatic heterocycles. The molecule has 0 saturated heterocycles. The van der Waals surface area contributed by atoms with Crippen molar-refractivity contribution in [2.75, 3.05) is 0 Å². The van der Waals surface area contributed by atoms with Gasteiger partial charge < -0.3 is 4.74 Å². The Morgan fingerprint density at radius 2 is 1.89 bits per heavy atom. The zero-order chi connectivity index (χ0) is 20.3. The second kappa shape index (κ2) is 8.02. The minimum Gasteiger partial charge on any atom is -0.406 e. The molecule has 0 radical (unpaired) electrons. The van der Waals surface area contributed by atoms with Crippen LogP contribution in [0.2, 0.25) is 5.15 Å². The molecule has 0 fully saturated rings. The number of alkyl halides is 3. The van der Waals surface area contributed by atoms with E-state index in [4.69, 9.17) is 11.6 Å². The molecular weight excluding hydrogens is 398 g/mol. The van der Waals surface area contributed by atoms with Gasteiger partial charge in [-0.05, 0) is 48.4 Å². The van der Waals surface area contributed by atoms with Gasteiger partial charge in [-0.25, -0.2) is 9.37 Å². The lowest BCUT2D eigenvalue weighted by molar-refractivity contribution is -0.274. The fourth-order valence-corrected chi connectivity index (χ4v) is 2.56. The zero-order valence-corrected chi connectivity index (χ0v) is 15.3. The first-order chi connectivity index (χ1) is 13.2. The van der Waals surface area contributed by atoms with Gasteiger partial charge in [0, 0.05) is 11.9 Å². The SMILES string of the molecule is Cc1cc(C(F)=Cc2ccc(OC(F)(F)F)cc2)nn1Cc1ccc(Cl)nc1. The van der Waals surface area contributed by atoms with E-state index in [-0.39, 0.29) is 11.4 Å². The highest BCUT2D eigenvalue weighted by molar-refractivity contribution is 6.29. The fraction of sp³-hybridized carbons (Fsp3) is 0.158. The summed E-state index contributed by atoms with van der Waals surface area (Å²) in [6.45, 7) is 2.18. The predicted molar refractivity (Wildman–Crippen MR) is 97.4 cm³/mol. The number of aryl methyl sites for hydroxylation is 1. The van der Waals surface area contributed by atoms with Crippen LogP contribution in [0.5, 0.6) is 5.75 Å².